The molecule has 0 radical (unpaired) electrons. The predicted octanol–water partition coefficient (Wildman–Crippen LogP) is 2.81. The van der Waals surface area contributed by atoms with Crippen molar-refractivity contribution in [1.29, 1.82) is 0 Å². The van der Waals surface area contributed by atoms with E-state index in [2.05, 4.69) is 6.92 Å². The second-order valence-electron chi connectivity index (χ2n) is 8.18. The smallest absolute Gasteiger partial charge is 0.306 e. The zero-order valence-corrected chi connectivity index (χ0v) is 18.0. The van der Waals surface area contributed by atoms with Crippen molar-refractivity contribution in [3.63, 3.8) is 0 Å². The maximum atomic E-state index is 12.0. The molecular weight excluding hydrogens is 376 g/mol. The molecule has 0 aromatic rings. The van der Waals surface area contributed by atoms with Crippen LogP contribution in [0.25, 0.3) is 0 Å². The van der Waals surface area contributed by atoms with E-state index in [9.17, 15) is 25.2 Å². The van der Waals surface area contributed by atoms with E-state index in [0.717, 1.165) is 12.8 Å². The Morgan fingerprint density at radius 2 is 1.28 bits per heavy atom. The van der Waals surface area contributed by atoms with E-state index in [-0.39, 0.29) is 6.42 Å². The first-order chi connectivity index (χ1) is 14.0. The van der Waals surface area contributed by atoms with Gasteiger partial charge in [0.05, 0.1) is 6.61 Å². The van der Waals surface area contributed by atoms with Gasteiger partial charge in [0.25, 0.3) is 0 Å². The lowest BCUT2D eigenvalue weighted by atomic mass is 9.99. The summed E-state index contributed by atoms with van der Waals surface area (Å²) in [7, 11) is 0. The van der Waals surface area contributed by atoms with Gasteiger partial charge in [-0.2, -0.15) is 0 Å². The van der Waals surface area contributed by atoms with Gasteiger partial charge in [-0.15, -0.1) is 0 Å². The van der Waals surface area contributed by atoms with Crippen molar-refractivity contribution in [3.05, 3.63) is 0 Å². The molecule has 0 spiro atoms. The largest absolute Gasteiger partial charge is 0.457 e. The number of carbonyl (C=O) groups is 1. The van der Waals surface area contributed by atoms with Gasteiger partial charge in [-0.1, -0.05) is 84.0 Å². The number of hydrogen-bond acceptors (Lipinski definition) is 7. The second kappa shape index (κ2) is 16.0. The maximum Gasteiger partial charge on any atom is 0.306 e. The molecule has 5 atom stereocenters. The first-order valence-corrected chi connectivity index (χ1v) is 11.5. The fraction of sp³-hybridized carbons (Fsp3) is 0.955. The summed E-state index contributed by atoms with van der Waals surface area (Å²) < 4.78 is 10.2. The quantitative estimate of drug-likeness (QED) is 0.225. The van der Waals surface area contributed by atoms with E-state index >= 15 is 0 Å². The van der Waals surface area contributed by atoms with E-state index in [1.807, 2.05) is 0 Å². The summed E-state index contributed by atoms with van der Waals surface area (Å²) in [6.07, 6.45) is 9.13. The third kappa shape index (κ3) is 10.7. The van der Waals surface area contributed by atoms with Gasteiger partial charge in [0.15, 0.2) is 12.4 Å². The topological polar surface area (TPSA) is 116 Å². The fourth-order valence-corrected chi connectivity index (χ4v) is 3.71. The Kier molecular flexibility index (Phi) is 14.5. The van der Waals surface area contributed by atoms with Crippen LogP contribution in [0.2, 0.25) is 0 Å². The maximum absolute atomic E-state index is 12.0. The van der Waals surface area contributed by atoms with Crippen LogP contribution in [0.4, 0.5) is 0 Å². The summed E-state index contributed by atoms with van der Waals surface area (Å²) >= 11 is 0. The molecule has 29 heavy (non-hydrogen) atoms. The molecule has 5 unspecified atom stereocenters. The molecule has 1 heterocycles. The highest BCUT2D eigenvalue weighted by Gasteiger charge is 2.45. The number of aliphatic hydroxyl groups is 4. The average molecular weight is 419 g/mol. The summed E-state index contributed by atoms with van der Waals surface area (Å²) in [6.45, 7) is 1.71. The lowest BCUT2D eigenvalue weighted by molar-refractivity contribution is -0.289. The Labute approximate surface area is 175 Å². The summed E-state index contributed by atoms with van der Waals surface area (Å²) in [5.41, 5.74) is 0. The molecule has 1 aliphatic rings. The van der Waals surface area contributed by atoms with Gasteiger partial charge in [-0.05, 0) is 6.42 Å². The van der Waals surface area contributed by atoms with Crippen LogP contribution in [0.5, 0.6) is 0 Å². The van der Waals surface area contributed by atoms with Gasteiger partial charge in [-0.3, -0.25) is 4.79 Å². The van der Waals surface area contributed by atoms with Crippen LogP contribution in [0, 0.1) is 0 Å². The number of hydrogen-bond donors (Lipinski definition) is 4. The van der Waals surface area contributed by atoms with E-state index in [0.29, 0.717) is 6.42 Å². The van der Waals surface area contributed by atoms with Crippen molar-refractivity contribution in [3.8, 4) is 0 Å². The summed E-state index contributed by atoms with van der Waals surface area (Å²) in [4.78, 5) is 12.0. The molecule has 0 saturated carbocycles. The molecule has 7 nitrogen and oxygen atoms in total. The highest BCUT2D eigenvalue weighted by Crippen LogP contribution is 2.23. The van der Waals surface area contributed by atoms with Crippen molar-refractivity contribution in [1.82, 2.24) is 0 Å². The van der Waals surface area contributed by atoms with E-state index < -0.39 is 43.3 Å². The molecule has 172 valence electrons. The molecule has 1 fully saturated rings. The van der Waals surface area contributed by atoms with Crippen LogP contribution in [-0.4, -0.2) is 63.7 Å². The molecule has 0 aliphatic carbocycles. The minimum absolute atomic E-state index is 0.220. The van der Waals surface area contributed by atoms with Gasteiger partial charge < -0.3 is 29.9 Å². The van der Waals surface area contributed by atoms with Crippen molar-refractivity contribution in [2.24, 2.45) is 0 Å². The van der Waals surface area contributed by atoms with Crippen LogP contribution < -0.4 is 0 Å². The normalized spacial score (nSPS) is 27.1. The molecule has 1 saturated heterocycles. The summed E-state index contributed by atoms with van der Waals surface area (Å²) in [5, 5.41) is 38.3. The molecule has 4 N–H and O–H groups in total. The van der Waals surface area contributed by atoms with E-state index in [1.165, 1.54) is 64.2 Å². The molecule has 7 heteroatoms. The molecule has 1 aliphatic heterocycles. The number of carbonyl (C=O) groups excluding carboxylic acids is 1. The molecule has 0 aromatic carbocycles. The Bertz CT molecular complexity index is 416. The van der Waals surface area contributed by atoms with Gasteiger partial charge in [0, 0.05) is 6.42 Å². The SMILES string of the molecule is CCCCCCCCCCCCCCCC(=O)OC1C(CO)OC(O)C(O)C1O. The van der Waals surface area contributed by atoms with Gasteiger partial charge in [0.1, 0.15) is 18.3 Å². The van der Waals surface area contributed by atoms with Gasteiger partial charge in [-0.25, -0.2) is 0 Å². The molecular formula is C22H42O7. The first kappa shape index (κ1) is 26.3. The lowest BCUT2D eigenvalue weighted by Crippen LogP contribution is -2.59. The number of ether oxygens (including phenoxy) is 2. The third-order valence-electron chi connectivity index (χ3n) is 5.59. The minimum atomic E-state index is -1.61. The van der Waals surface area contributed by atoms with Crippen LogP contribution >= 0.6 is 0 Å². The Morgan fingerprint density at radius 3 is 1.76 bits per heavy atom. The summed E-state index contributed by atoms with van der Waals surface area (Å²) in [5.74, 6) is -0.497. The number of esters is 1. The number of unbranched alkanes of at least 4 members (excludes halogenated alkanes) is 12. The van der Waals surface area contributed by atoms with E-state index in [1.54, 1.807) is 0 Å². The van der Waals surface area contributed by atoms with Crippen molar-refractivity contribution < 1.29 is 34.7 Å². The molecule has 0 amide bonds. The standard InChI is InChI=1S/C22H42O7/c1-2-3-4-5-6-7-8-9-10-11-12-13-14-15-18(24)29-21-17(16-23)28-22(27)20(26)19(21)25/h17,19-23,25-27H,2-16H2,1H3. The second-order valence-corrected chi connectivity index (χ2v) is 8.18. The van der Waals surface area contributed by atoms with Crippen molar-refractivity contribution in [2.45, 2.75) is 128 Å². The fourth-order valence-electron chi connectivity index (χ4n) is 3.71. The number of aliphatic hydroxyl groups excluding tert-OH is 4. The summed E-state index contributed by atoms with van der Waals surface area (Å²) in [6, 6.07) is 0. The van der Waals surface area contributed by atoms with Crippen LogP contribution in [0.15, 0.2) is 0 Å². The van der Waals surface area contributed by atoms with Gasteiger partial charge in [0.2, 0.25) is 0 Å². The molecule has 1 rings (SSSR count). The first-order valence-electron chi connectivity index (χ1n) is 11.5. The van der Waals surface area contributed by atoms with Crippen molar-refractivity contribution >= 4 is 5.97 Å². The molecule has 0 aromatic heterocycles. The van der Waals surface area contributed by atoms with E-state index in [4.69, 9.17) is 9.47 Å². The Morgan fingerprint density at radius 1 is 0.793 bits per heavy atom. The van der Waals surface area contributed by atoms with Crippen LogP contribution in [0.1, 0.15) is 96.8 Å². The van der Waals surface area contributed by atoms with Crippen LogP contribution in [-0.2, 0) is 14.3 Å². The zero-order chi connectivity index (χ0) is 21.5. The average Bonchev–Trinajstić information content (AvgIpc) is 2.71. The van der Waals surface area contributed by atoms with Gasteiger partial charge >= 0.3 is 5.97 Å². The molecule has 0 bridgehead atoms. The third-order valence-corrected chi connectivity index (χ3v) is 5.59. The van der Waals surface area contributed by atoms with Crippen LogP contribution in [0.3, 0.4) is 0 Å². The van der Waals surface area contributed by atoms with Crippen molar-refractivity contribution in [2.75, 3.05) is 6.61 Å². The highest BCUT2D eigenvalue weighted by atomic mass is 16.7. The lowest BCUT2D eigenvalue weighted by Gasteiger charge is -2.39. The monoisotopic (exact) mass is 418 g/mol. The predicted molar refractivity (Wildman–Crippen MR) is 110 cm³/mol. The zero-order valence-electron chi connectivity index (χ0n) is 18.0. The number of rotatable bonds is 16. The Balaban J connectivity index is 2.02. The highest BCUT2D eigenvalue weighted by molar-refractivity contribution is 5.69. The minimum Gasteiger partial charge on any atom is -0.457 e. The Hall–Kier alpha value is -0.730.